The molecule has 2 atom stereocenters. The van der Waals surface area contributed by atoms with Crippen molar-refractivity contribution in [2.24, 2.45) is 5.73 Å². The molecular weight excluding hydrogens is 1350 g/mol. The minimum atomic E-state index is -1.03. The fourth-order valence-electron chi connectivity index (χ4n) is 11.3. The van der Waals surface area contributed by atoms with E-state index in [4.69, 9.17) is 40.3 Å². The molecule has 2 aliphatic rings. The zero-order valence-corrected chi connectivity index (χ0v) is 60.6. The second-order valence-corrected chi connectivity index (χ2v) is 24.4. The molecule has 0 saturated carbocycles. The number of hydrogen-bond acceptors (Lipinski definition) is 20. The van der Waals surface area contributed by atoms with E-state index in [1.54, 1.807) is 45.3 Å². The van der Waals surface area contributed by atoms with E-state index >= 15 is 0 Å². The lowest BCUT2D eigenvalue weighted by Gasteiger charge is -2.27. The summed E-state index contributed by atoms with van der Waals surface area (Å²) in [5.41, 5.74) is 18.5. The molecule has 0 bridgehead atoms. The van der Waals surface area contributed by atoms with Crippen LogP contribution in [0.4, 0.5) is 0 Å². The van der Waals surface area contributed by atoms with Crippen LogP contribution in [0.3, 0.4) is 0 Å². The van der Waals surface area contributed by atoms with E-state index in [1.807, 2.05) is 117 Å². The number of nitrogens with one attached hydrogen (secondary N) is 1. The largest absolute Gasteiger partial charge is 0.493 e. The minimum Gasteiger partial charge on any atom is -0.493 e. The van der Waals surface area contributed by atoms with E-state index in [0.29, 0.717) is 105 Å². The molecule has 2 aliphatic heterocycles. The zero-order chi connectivity index (χ0) is 70.0. The molecule has 0 saturated heterocycles. The molecule has 8 aromatic heterocycles. The molecule has 0 unspecified atom stereocenters. The van der Waals surface area contributed by atoms with Crippen LogP contribution in [0.2, 0.25) is 0 Å². The number of para-hydroxylation sites is 2. The van der Waals surface area contributed by atoms with Crippen molar-refractivity contribution >= 4 is 89.3 Å². The Morgan fingerprint density at radius 3 is 1.32 bits per heavy atom. The highest BCUT2D eigenvalue weighted by Gasteiger charge is 2.29. The average molecular weight is 1440 g/mol. The lowest BCUT2D eigenvalue weighted by molar-refractivity contribution is 0.0514. The SMILES string of the molecule is CCOC(=O)c1cnn2c(Br)c(C)nc2c1C(C)C.CCOC(=O)c1cnn2c(C#N)c(C)nc2c1C(C)C.Cc1nc2c(C(C)C)c(C(=O)N[C@H]3CCOc4ccccc43)cnn2c1C#N.Cc1nc2c(C(C)C)c(C(=O)O)cnn2c1C#N.N[C@H]1CCOc2ccccc21.S.S. The topological polar surface area (TPSA) is 356 Å². The number of benzene rings is 2. The number of rotatable bonds is 11. The number of aromatic carboxylic acids is 1. The number of carboxylic acid groups (broad SMARTS) is 1. The van der Waals surface area contributed by atoms with Gasteiger partial charge in [0.2, 0.25) is 0 Å². The lowest BCUT2D eigenvalue weighted by Crippen LogP contribution is -2.33. The number of nitrogens with zero attached hydrogens (tertiary/aromatic N) is 15. The minimum absolute atomic E-state index is 0. The van der Waals surface area contributed by atoms with Crippen LogP contribution in [0.25, 0.3) is 22.6 Å². The Bertz CT molecular complexity index is 4730. The summed E-state index contributed by atoms with van der Waals surface area (Å²) in [6.07, 6.45) is 7.43. The Labute approximate surface area is 589 Å². The number of hydrogen-bond donors (Lipinski definition) is 3. The summed E-state index contributed by atoms with van der Waals surface area (Å²) in [6, 6.07) is 22.0. The molecule has 12 rings (SSSR count). The van der Waals surface area contributed by atoms with E-state index in [0.717, 1.165) is 62.6 Å². The summed E-state index contributed by atoms with van der Waals surface area (Å²) in [5.74, 6) is 0.00429. The van der Waals surface area contributed by atoms with Gasteiger partial charge >= 0.3 is 17.9 Å². The van der Waals surface area contributed by atoms with Gasteiger partial charge in [-0.3, -0.25) is 4.79 Å². The van der Waals surface area contributed by atoms with Crippen molar-refractivity contribution in [2.45, 2.75) is 146 Å². The van der Waals surface area contributed by atoms with Gasteiger partial charge in [0.1, 0.15) is 34.3 Å². The van der Waals surface area contributed by atoms with E-state index in [-0.39, 0.29) is 80.2 Å². The van der Waals surface area contributed by atoms with Gasteiger partial charge in [-0.2, -0.15) is 63.2 Å². The highest BCUT2D eigenvalue weighted by atomic mass is 79.9. The third-order valence-corrected chi connectivity index (χ3v) is 16.6. The van der Waals surface area contributed by atoms with E-state index in [9.17, 15) is 24.4 Å². The van der Waals surface area contributed by atoms with Crippen molar-refractivity contribution in [3.05, 3.63) is 173 Å². The Kier molecular flexibility index (Phi) is 26.6. The fourth-order valence-corrected chi connectivity index (χ4v) is 11.6. The molecular formula is C69H80BrN17O9S2. The van der Waals surface area contributed by atoms with Crippen molar-refractivity contribution in [3.63, 3.8) is 0 Å². The number of carbonyl (C=O) groups excluding carboxylic acids is 3. The standard InChI is InChI=1S/C21H21N5O2.C14H16N4O2.C13H16BrN3O2.C12H12N4O2.C9H11NO.2H2S/c1-12(2)19-15(11-23-26-17(10-22)13(3)24-20(19)26)21(27)25-16-8-9-28-18-7-5-4-6-14(16)18;1-5-20-14(19)10-7-16-18-11(6-15)9(4)17-13(18)12(10)8(2)3;1-5-19-13(18)9-6-15-17-11(14)8(4)16-12(17)10(9)7(2)3;1-6(2)10-8(12(17)18)5-14-16-9(4-13)7(3)15-11(10)16;10-8-5-6-11-9-4-2-1-3-7(8)9;;/h4-7,11-12,16H,8-9H2,1-3H3,(H,25,27);7-8H,5H2,1-4H3;6-7H,5H2,1-4H3;5-6H,1-3H3,(H,17,18);1-4,8H,5-6,10H2;2*1H2/t16-;;;;8-;;/m0...0../s1. The number of halogens is 1. The van der Waals surface area contributed by atoms with Gasteiger partial charge in [0, 0.05) is 52.3 Å². The predicted octanol–water partition coefficient (Wildman–Crippen LogP) is 12.0. The number of imidazole rings is 4. The van der Waals surface area contributed by atoms with Crippen LogP contribution in [0.15, 0.2) is 77.9 Å². The molecule has 0 spiro atoms. The zero-order valence-electron chi connectivity index (χ0n) is 57.0. The normalized spacial score (nSPS) is 13.4. The number of aromatic nitrogens is 12. The number of aryl methyl sites for hydroxylation is 4. The van der Waals surface area contributed by atoms with Crippen molar-refractivity contribution < 1.29 is 43.2 Å². The summed E-state index contributed by atoms with van der Waals surface area (Å²) < 4.78 is 28.1. The van der Waals surface area contributed by atoms with Gasteiger partial charge in [-0.05, 0) is 93.3 Å². The molecule has 10 aromatic rings. The van der Waals surface area contributed by atoms with Gasteiger partial charge < -0.3 is 35.1 Å². The van der Waals surface area contributed by atoms with Gasteiger partial charge in [0.25, 0.3) is 5.91 Å². The third-order valence-electron chi connectivity index (χ3n) is 15.7. The molecule has 10 heterocycles. The Morgan fingerprint density at radius 2 is 0.908 bits per heavy atom. The van der Waals surface area contributed by atoms with Gasteiger partial charge in [0.15, 0.2) is 39.7 Å². The highest BCUT2D eigenvalue weighted by Crippen LogP contribution is 2.35. The maximum atomic E-state index is 13.2. The monoisotopic (exact) mass is 1430 g/mol. The third kappa shape index (κ3) is 16.2. The van der Waals surface area contributed by atoms with Gasteiger partial charge in [-0.15, -0.1) is 0 Å². The number of carboxylic acids is 1. The fraction of sp³-hybridized carbons (Fsp3) is 0.377. The molecule has 0 radical (unpaired) electrons. The number of carbonyl (C=O) groups is 4. The molecule has 98 heavy (non-hydrogen) atoms. The Balaban J connectivity index is 0.000000197. The smallest absolute Gasteiger partial charge is 0.340 e. The first-order chi connectivity index (χ1) is 45.8. The average Bonchev–Trinajstić information content (AvgIpc) is 1.62. The second kappa shape index (κ2) is 33.8. The number of esters is 2. The maximum absolute atomic E-state index is 13.2. The molecule has 4 N–H and O–H groups in total. The quantitative estimate of drug-likeness (QED) is 0.101. The van der Waals surface area contributed by atoms with Crippen LogP contribution in [-0.2, 0) is 9.47 Å². The first kappa shape index (κ1) is 77.0. The van der Waals surface area contributed by atoms with Crippen LogP contribution >= 0.6 is 42.9 Å². The lowest BCUT2D eigenvalue weighted by atomic mass is 9.97. The molecule has 0 fully saturated rings. The summed E-state index contributed by atoms with van der Waals surface area (Å²) in [7, 11) is 0. The van der Waals surface area contributed by atoms with E-state index in [2.05, 4.69) is 73.7 Å². The van der Waals surface area contributed by atoms with Gasteiger partial charge in [-0.1, -0.05) is 91.8 Å². The van der Waals surface area contributed by atoms with Crippen molar-refractivity contribution in [2.75, 3.05) is 26.4 Å². The van der Waals surface area contributed by atoms with Crippen molar-refractivity contribution in [3.8, 4) is 29.7 Å². The summed E-state index contributed by atoms with van der Waals surface area (Å²) in [6.45, 7) is 28.4. The predicted molar refractivity (Wildman–Crippen MR) is 379 cm³/mol. The van der Waals surface area contributed by atoms with Crippen LogP contribution < -0.4 is 20.5 Å². The first-order valence-corrected chi connectivity index (χ1v) is 32.1. The number of nitriles is 3. The maximum Gasteiger partial charge on any atom is 0.340 e. The van der Waals surface area contributed by atoms with Crippen LogP contribution in [-0.4, -0.2) is 114 Å². The first-order valence-electron chi connectivity index (χ1n) is 31.3. The van der Waals surface area contributed by atoms with E-state index in [1.165, 1.54) is 32.1 Å². The van der Waals surface area contributed by atoms with Gasteiger partial charge in [-0.25, -0.2) is 52.4 Å². The Hall–Kier alpha value is -9.99. The van der Waals surface area contributed by atoms with Crippen LogP contribution in [0.1, 0.15) is 233 Å². The van der Waals surface area contributed by atoms with Gasteiger partial charge in [0.05, 0.1) is 102 Å². The Morgan fingerprint density at radius 1 is 0.561 bits per heavy atom. The molecule has 0 aliphatic carbocycles. The second-order valence-electron chi connectivity index (χ2n) is 23.6. The number of ether oxygens (including phenoxy) is 4. The van der Waals surface area contributed by atoms with Crippen LogP contribution in [0, 0.1) is 61.7 Å². The molecule has 2 aromatic carbocycles. The summed E-state index contributed by atoms with van der Waals surface area (Å²) in [4.78, 5) is 66.0. The number of nitrogens with two attached hydrogens (primary N) is 1. The molecule has 29 heteroatoms. The number of fused-ring (bicyclic) bond motifs is 6. The highest BCUT2D eigenvalue weighted by molar-refractivity contribution is 9.10. The molecule has 26 nitrogen and oxygen atoms in total. The summed E-state index contributed by atoms with van der Waals surface area (Å²) >= 11 is 3.45. The van der Waals surface area contributed by atoms with E-state index < -0.39 is 11.9 Å². The number of amides is 1. The molecule has 1 amide bonds. The van der Waals surface area contributed by atoms with Crippen molar-refractivity contribution in [1.29, 1.82) is 15.8 Å². The molecule has 514 valence electrons. The van der Waals surface area contributed by atoms with Crippen LogP contribution in [0.5, 0.6) is 11.5 Å². The summed E-state index contributed by atoms with van der Waals surface area (Å²) in [5, 5.41) is 56.6. The van der Waals surface area contributed by atoms with Crippen molar-refractivity contribution in [1.82, 2.24) is 63.7 Å².